The van der Waals surface area contributed by atoms with Gasteiger partial charge in [-0.15, -0.1) is 0 Å². The summed E-state index contributed by atoms with van der Waals surface area (Å²) in [5, 5.41) is 0. The van der Waals surface area contributed by atoms with Gasteiger partial charge in [-0.25, -0.2) is 0 Å². The van der Waals surface area contributed by atoms with Crippen LogP contribution in [0.2, 0.25) is 0 Å². The number of hydrogen-bond acceptors (Lipinski definition) is 5. The minimum Gasteiger partial charge on any atom is -0.375 e. The van der Waals surface area contributed by atoms with Gasteiger partial charge in [0, 0.05) is 6.42 Å². The van der Waals surface area contributed by atoms with Gasteiger partial charge < -0.3 is 23.7 Å². The number of rotatable bonds is 6. The fourth-order valence-electron chi connectivity index (χ4n) is 3.79. The Bertz CT molecular complexity index is 350. The highest BCUT2D eigenvalue weighted by Crippen LogP contribution is 2.28. The van der Waals surface area contributed by atoms with E-state index >= 15 is 0 Å². The Kier molecular flexibility index (Phi) is 6.72. The Labute approximate surface area is 139 Å². The maximum atomic E-state index is 6.29. The Balaban J connectivity index is 1.33. The molecule has 3 aliphatic heterocycles. The molecular formula is C18H32O5. The molecule has 5 heteroatoms. The molecule has 134 valence electrons. The van der Waals surface area contributed by atoms with Crippen LogP contribution in [0.4, 0.5) is 0 Å². The molecule has 0 saturated carbocycles. The van der Waals surface area contributed by atoms with Crippen molar-refractivity contribution >= 4 is 0 Å². The maximum absolute atomic E-state index is 6.29. The molecular weight excluding hydrogens is 296 g/mol. The maximum Gasteiger partial charge on any atom is 0.158 e. The Morgan fingerprint density at radius 1 is 0.739 bits per heavy atom. The lowest BCUT2D eigenvalue weighted by atomic mass is 9.96. The summed E-state index contributed by atoms with van der Waals surface area (Å²) in [5.74, 6) is 0. The van der Waals surface area contributed by atoms with Gasteiger partial charge in [-0.3, -0.25) is 0 Å². The third kappa shape index (κ3) is 5.68. The van der Waals surface area contributed by atoms with Gasteiger partial charge in [0.05, 0.1) is 37.6 Å². The van der Waals surface area contributed by atoms with Gasteiger partial charge in [-0.2, -0.15) is 0 Å². The summed E-state index contributed by atoms with van der Waals surface area (Å²) in [4.78, 5) is 0. The molecule has 5 nitrogen and oxygen atoms in total. The first-order valence-electron chi connectivity index (χ1n) is 9.38. The molecule has 3 aliphatic rings. The summed E-state index contributed by atoms with van der Waals surface area (Å²) in [6.07, 6.45) is 10.1. The van der Waals surface area contributed by atoms with Crippen LogP contribution in [-0.4, -0.2) is 50.2 Å². The first kappa shape index (κ1) is 17.6. The van der Waals surface area contributed by atoms with E-state index in [4.69, 9.17) is 23.7 Å². The normalized spacial score (nSPS) is 42.0. The van der Waals surface area contributed by atoms with Crippen LogP contribution in [0.1, 0.15) is 65.2 Å². The zero-order valence-electron chi connectivity index (χ0n) is 14.6. The molecule has 0 bridgehead atoms. The molecule has 6 unspecified atom stereocenters. The predicted molar refractivity (Wildman–Crippen MR) is 86.2 cm³/mol. The summed E-state index contributed by atoms with van der Waals surface area (Å²) in [6.45, 7) is 5.59. The van der Waals surface area contributed by atoms with E-state index in [0.29, 0.717) is 18.3 Å². The van der Waals surface area contributed by atoms with E-state index < -0.39 is 0 Å². The smallest absolute Gasteiger partial charge is 0.158 e. The fourth-order valence-corrected chi connectivity index (χ4v) is 3.79. The average molecular weight is 328 g/mol. The Morgan fingerprint density at radius 2 is 1.43 bits per heavy atom. The Morgan fingerprint density at radius 3 is 2.09 bits per heavy atom. The third-order valence-corrected chi connectivity index (χ3v) is 5.05. The van der Waals surface area contributed by atoms with E-state index in [-0.39, 0.29) is 18.7 Å². The summed E-state index contributed by atoms with van der Waals surface area (Å²) in [5.41, 5.74) is 0. The molecule has 0 spiro atoms. The van der Waals surface area contributed by atoms with E-state index in [2.05, 4.69) is 6.92 Å². The van der Waals surface area contributed by atoms with Crippen LogP contribution in [0.15, 0.2) is 0 Å². The van der Waals surface area contributed by atoms with E-state index in [9.17, 15) is 0 Å². The zero-order valence-corrected chi connectivity index (χ0v) is 14.6. The molecule has 0 N–H and O–H groups in total. The second-order valence-corrected chi connectivity index (χ2v) is 7.16. The lowest BCUT2D eigenvalue weighted by Crippen LogP contribution is -2.33. The van der Waals surface area contributed by atoms with Gasteiger partial charge in [0.15, 0.2) is 12.6 Å². The molecule has 0 aromatic heterocycles. The van der Waals surface area contributed by atoms with Crippen molar-refractivity contribution < 1.29 is 23.7 Å². The number of ether oxygens (including phenoxy) is 5. The largest absolute Gasteiger partial charge is 0.375 e. The van der Waals surface area contributed by atoms with Gasteiger partial charge >= 0.3 is 0 Å². The summed E-state index contributed by atoms with van der Waals surface area (Å²) in [6, 6.07) is 0. The molecule has 3 fully saturated rings. The van der Waals surface area contributed by atoms with Crippen LogP contribution in [0.3, 0.4) is 0 Å². The van der Waals surface area contributed by atoms with Gasteiger partial charge in [0.25, 0.3) is 0 Å². The molecule has 0 aliphatic carbocycles. The highest BCUT2D eigenvalue weighted by Gasteiger charge is 2.28. The first-order valence-corrected chi connectivity index (χ1v) is 9.38. The molecule has 23 heavy (non-hydrogen) atoms. The lowest BCUT2D eigenvalue weighted by molar-refractivity contribution is -0.205. The summed E-state index contributed by atoms with van der Waals surface area (Å²) < 4.78 is 28.9. The molecule has 3 rings (SSSR count). The SMILES string of the molecule is CC1COC(CCC2CCCC(CCC3CCOC(C)O3)O2)O1. The molecule has 3 saturated heterocycles. The van der Waals surface area contributed by atoms with Gasteiger partial charge in [0.1, 0.15) is 0 Å². The van der Waals surface area contributed by atoms with Crippen LogP contribution in [0.25, 0.3) is 0 Å². The molecule has 0 radical (unpaired) electrons. The molecule has 0 amide bonds. The zero-order chi connectivity index (χ0) is 16.1. The minimum absolute atomic E-state index is 0.0221. The predicted octanol–water partition coefficient (Wildman–Crippen LogP) is 3.40. The molecule has 3 heterocycles. The lowest BCUT2D eigenvalue weighted by Gasteiger charge is -2.33. The molecule has 6 atom stereocenters. The van der Waals surface area contributed by atoms with Gasteiger partial charge in [0.2, 0.25) is 0 Å². The van der Waals surface area contributed by atoms with Crippen molar-refractivity contribution in [1.29, 1.82) is 0 Å². The van der Waals surface area contributed by atoms with Crippen molar-refractivity contribution in [2.45, 2.75) is 102 Å². The summed E-state index contributed by atoms with van der Waals surface area (Å²) >= 11 is 0. The molecule has 0 aromatic carbocycles. The quantitative estimate of drug-likeness (QED) is 0.748. The number of hydrogen-bond donors (Lipinski definition) is 0. The van der Waals surface area contributed by atoms with Crippen molar-refractivity contribution in [3.05, 3.63) is 0 Å². The Hall–Kier alpha value is -0.200. The van der Waals surface area contributed by atoms with Crippen molar-refractivity contribution in [3.8, 4) is 0 Å². The van der Waals surface area contributed by atoms with Crippen LogP contribution in [-0.2, 0) is 23.7 Å². The molecule has 0 aromatic rings. The van der Waals surface area contributed by atoms with Crippen molar-refractivity contribution in [2.75, 3.05) is 13.2 Å². The van der Waals surface area contributed by atoms with Crippen molar-refractivity contribution in [2.24, 2.45) is 0 Å². The topological polar surface area (TPSA) is 46.2 Å². The monoisotopic (exact) mass is 328 g/mol. The van der Waals surface area contributed by atoms with Crippen molar-refractivity contribution in [1.82, 2.24) is 0 Å². The third-order valence-electron chi connectivity index (χ3n) is 5.05. The first-order chi connectivity index (χ1) is 11.2. The van der Waals surface area contributed by atoms with E-state index in [0.717, 1.165) is 45.3 Å². The van der Waals surface area contributed by atoms with Crippen LogP contribution in [0.5, 0.6) is 0 Å². The van der Waals surface area contributed by atoms with E-state index in [1.165, 1.54) is 19.3 Å². The second kappa shape index (κ2) is 8.77. The highest BCUT2D eigenvalue weighted by molar-refractivity contribution is 4.74. The fraction of sp³-hybridized carbons (Fsp3) is 1.00. The van der Waals surface area contributed by atoms with Gasteiger partial charge in [-0.05, 0) is 58.8 Å². The standard InChI is InChI=1S/C18H32O5/c1-13-12-20-18(21-13)9-8-16-5-3-4-15(23-16)6-7-17-10-11-19-14(2)22-17/h13-18H,3-12H2,1-2H3. The second-order valence-electron chi connectivity index (χ2n) is 7.16. The van der Waals surface area contributed by atoms with Gasteiger partial charge in [-0.1, -0.05) is 0 Å². The van der Waals surface area contributed by atoms with E-state index in [1.54, 1.807) is 0 Å². The van der Waals surface area contributed by atoms with Crippen LogP contribution < -0.4 is 0 Å². The van der Waals surface area contributed by atoms with Crippen LogP contribution >= 0.6 is 0 Å². The average Bonchev–Trinajstić information content (AvgIpc) is 2.97. The minimum atomic E-state index is -0.0532. The van der Waals surface area contributed by atoms with E-state index in [1.807, 2.05) is 6.92 Å². The van der Waals surface area contributed by atoms with Crippen molar-refractivity contribution in [3.63, 3.8) is 0 Å². The highest BCUT2D eigenvalue weighted by atomic mass is 16.7. The van der Waals surface area contributed by atoms with Crippen LogP contribution in [0, 0.1) is 0 Å². The summed E-state index contributed by atoms with van der Waals surface area (Å²) in [7, 11) is 0.